The third kappa shape index (κ3) is 3.63. The van der Waals surface area contributed by atoms with E-state index in [1.54, 1.807) is 41.4 Å². The second kappa shape index (κ2) is 7.94. The van der Waals surface area contributed by atoms with E-state index in [0.717, 1.165) is 29.7 Å². The molecule has 0 radical (unpaired) electrons. The first-order valence-corrected chi connectivity index (χ1v) is 12.1. The lowest BCUT2D eigenvalue weighted by atomic mass is 9.91. The van der Waals surface area contributed by atoms with Crippen LogP contribution in [0.5, 0.6) is 0 Å². The Bertz CT molecular complexity index is 1080. The van der Waals surface area contributed by atoms with E-state index in [9.17, 15) is 13.2 Å². The summed E-state index contributed by atoms with van der Waals surface area (Å²) in [6.45, 7) is 6.45. The molecule has 1 amide bonds. The van der Waals surface area contributed by atoms with Gasteiger partial charge < -0.3 is 0 Å². The number of anilines is 1. The number of fused-ring (bicyclic) bond motifs is 1. The van der Waals surface area contributed by atoms with Crippen molar-refractivity contribution in [2.75, 3.05) is 18.0 Å². The minimum absolute atomic E-state index is 0.0500. The first kappa shape index (κ1) is 21.3. The van der Waals surface area contributed by atoms with Crippen LogP contribution < -0.4 is 4.90 Å². The van der Waals surface area contributed by atoms with E-state index in [1.807, 2.05) is 25.3 Å². The number of hydrogen-bond acceptors (Lipinski definition) is 4. The monoisotopic (exact) mass is 447 g/mol. The fourth-order valence-electron chi connectivity index (χ4n) is 4.40. The highest BCUT2D eigenvalue weighted by Gasteiger charge is 2.36. The van der Waals surface area contributed by atoms with Crippen molar-refractivity contribution in [3.63, 3.8) is 0 Å². The van der Waals surface area contributed by atoms with Crippen molar-refractivity contribution in [2.45, 2.75) is 50.8 Å². The topological polar surface area (TPSA) is 70.6 Å². The molecule has 0 saturated carbocycles. The number of carbonyl (C=O) groups is 1. The summed E-state index contributed by atoms with van der Waals surface area (Å²) in [7, 11) is -3.22. The van der Waals surface area contributed by atoms with E-state index in [2.05, 4.69) is 4.98 Å². The van der Waals surface area contributed by atoms with Gasteiger partial charge in [-0.05, 0) is 74.9 Å². The predicted octanol–water partition coefficient (Wildman–Crippen LogP) is 4.37. The SMILES string of the molecule is CC1c2cc(Cl)ccc2C(=O)N1c1cncc(C2CCN(S(=O)(=O)C(C)C)CC2)c1. The van der Waals surface area contributed by atoms with Crippen molar-refractivity contribution in [3.8, 4) is 0 Å². The van der Waals surface area contributed by atoms with Gasteiger partial charge >= 0.3 is 0 Å². The van der Waals surface area contributed by atoms with Crippen LogP contribution in [0, 0.1) is 0 Å². The van der Waals surface area contributed by atoms with Crippen LogP contribution >= 0.6 is 11.6 Å². The molecule has 2 aliphatic heterocycles. The smallest absolute Gasteiger partial charge is 0.259 e. The minimum Gasteiger partial charge on any atom is -0.300 e. The van der Waals surface area contributed by atoms with Gasteiger partial charge in [0.05, 0.1) is 23.2 Å². The molecular formula is C22H26ClN3O3S. The van der Waals surface area contributed by atoms with E-state index in [1.165, 1.54) is 0 Å². The molecule has 6 nitrogen and oxygen atoms in total. The van der Waals surface area contributed by atoms with Crippen molar-refractivity contribution in [1.29, 1.82) is 0 Å². The Balaban J connectivity index is 1.54. The molecule has 1 unspecified atom stereocenters. The maximum Gasteiger partial charge on any atom is 0.259 e. The molecule has 8 heteroatoms. The Morgan fingerprint density at radius 1 is 1.13 bits per heavy atom. The standard InChI is InChI=1S/C22H26ClN3O3S/c1-14(2)30(28,29)25-8-6-16(7-9-25)17-10-19(13-24-12-17)26-15(3)21-11-18(23)4-5-20(21)22(26)27/h4-5,10-16H,6-9H2,1-3H3. The average Bonchev–Trinajstić information content (AvgIpc) is 2.97. The van der Waals surface area contributed by atoms with Gasteiger partial charge in [-0.25, -0.2) is 12.7 Å². The molecule has 1 aromatic heterocycles. The number of hydrogen-bond donors (Lipinski definition) is 0. The molecule has 1 aromatic carbocycles. The summed E-state index contributed by atoms with van der Waals surface area (Å²) in [5, 5.41) is 0.210. The van der Waals surface area contributed by atoms with Gasteiger partial charge in [-0.1, -0.05) is 11.6 Å². The summed E-state index contributed by atoms with van der Waals surface area (Å²) < 4.78 is 26.4. The van der Waals surface area contributed by atoms with E-state index < -0.39 is 15.3 Å². The van der Waals surface area contributed by atoms with Crippen molar-refractivity contribution in [3.05, 3.63) is 58.4 Å². The summed E-state index contributed by atoms with van der Waals surface area (Å²) in [6, 6.07) is 7.26. The zero-order chi connectivity index (χ0) is 21.6. The zero-order valence-corrected chi connectivity index (χ0v) is 18.9. The Labute approximate surface area is 182 Å². The minimum atomic E-state index is -3.22. The van der Waals surface area contributed by atoms with E-state index in [0.29, 0.717) is 23.7 Å². The van der Waals surface area contributed by atoms with Crippen molar-refractivity contribution < 1.29 is 13.2 Å². The number of aromatic nitrogens is 1. The highest BCUT2D eigenvalue weighted by molar-refractivity contribution is 7.89. The second-order valence-electron chi connectivity index (χ2n) is 8.33. The Morgan fingerprint density at radius 2 is 1.83 bits per heavy atom. The van der Waals surface area contributed by atoms with Crippen LogP contribution in [0.1, 0.15) is 67.1 Å². The highest BCUT2D eigenvalue weighted by atomic mass is 35.5. The molecule has 1 atom stereocenters. The molecule has 2 aliphatic rings. The maximum atomic E-state index is 13.0. The van der Waals surface area contributed by atoms with Crippen LogP contribution in [0.3, 0.4) is 0 Å². The van der Waals surface area contributed by atoms with Crippen molar-refractivity contribution in [1.82, 2.24) is 9.29 Å². The number of carbonyl (C=O) groups excluding carboxylic acids is 1. The average molecular weight is 448 g/mol. The number of halogens is 1. The number of piperidine rings is 1. The third-order valence-corrected chi connectivity index (χ3v) is 8.72. The molecule has 0 N–H and O–H groups in total. The first-order valence-electron chi connectivity index (χ1n) is 10.3. The highest BCUT2D eigenvalue weighted by Crippen LogP contribution is 2.39. The van der Waals surface area contributed by atoms with Gasteiger partial charge in [0, 0.05) is 29.9 Å². The normalized spacial score (nSPS) is 20.8. The number of benzene rings is 1. The zero-order valence-electron chi connectivity index (χ0n) is 17.4. The molecule has 160 valence electrons. The maximum absolute atomic E-state index is 13.0. The lowest BCUT2D eigenvalue weighted by Gasteiger charge is -2.33. The summed E-state index contributed by atoms with van der Waals surface area (Å²) >= 11 is 6.13. The van der Waals surface area contributed by atoms with Gasteiger partial charge in [0.15, 0.2) is 0 Å². The number of rotatable bonds is 4. The quantitative estimate of drug-likeness (QED) is 0.697. The summed E-state index contributed by atoms with van der Waals surface area (Å²) in [4.78, 5) is 19.2. The fraction of sp³-hybridized carbons (Fsp3) is 0.455. The number of nitrogens with zero attached hydrogens (tertiary/aromatic N) is 3. The molecular weight excluding hydrogens is 422 g/mol. The third-order valence-electron chi connectivity index (χ3n) is 6.20. The van der Waals surface area contributed by atoms with Crippen LogP contribution in [0.4, 0.5) is 5.69 Å². The van der Waals surface area contributed by atoms with Gasteiger partial charge in [0.2, 0.25) is 10.0 Å². The van der Waals surface area contributed by atoms with Crippen LogP contribution in [-0.2, 0) is 10.0 Å². The molecule has 0 bridgehead atoms. The summed E-state index contributed by atoms with van der Waals surface area (Å²) in [6.07, 6.45) is 5.03. The molecule has 2 aromatic rings. The van der Waals surface area contributed by atoms with Gasteiger partial charge in [-0.3, -0.25) is 14.7 Å². The Morgan fingerprint density at radius 3 is 2.50 bits per heavy atom. The van der Waals surface area contributed by atoms with Crippen LogP contribution in [0.2, 0.25) is 5.02 Å². The van der Waals surface area contributed by atoms with Gasteiger partial charge in [0.1, 0.15) is 0 Å². The molecule has 0 spiro atoms. The van der Waals surface area contributed by atoms with Crippen LogP contribution in [0.25, 0.3) is 0 Å². The molecule has 3 heterocycles. The van der Waals surface area contributed by atoms with E-state index >= 15 is 0 Å². The van der Waals surface area contributed by atoms with Gasteiger partial charge in [-0.15, -0.1) is 0 Å². The number of sulfonamides is 1. The van der Waals surface area contributed by atoms with Crippen molar-refractivity contribution in [2.24, 2.45) is 0 Å². The van der Waals surface area contributed by atoms with Crippen LogP contribution in [0.15, 0.2) is 36.7 Å². The lowest BCUT2D eigenvalue weighted by Crippen LogP contribution is -2.41. The number of pyridine rings is 1. The molecule has 30 heavy (non-hydrogen) atoms. The Hall–Kier alpha value is -1.96. The first-order chi connectivity index (χ1) is 14.2. The van der Waals surface area contributed by atoms with E-state index in [4.69, 9.17) is 11.6 Å². The van der Waals surface area contributed by atoms with Gasteiger partial charge in [0.25, 0.3) is 5.91 Å². The Kier molecular flexibility index (Phi) is 5.64. The predicted molar refractivity (Wildman–Crippen MR) is 119 cm³/mol. The second-order valence-corrected chi connectivity index (χ2v) is 11.3. The molecule has 1 fully saturated rings. The van der Waals surface area contributed by atoms with Crippen LogP contribution in [-0.4, -0.2) is 42.0 Å². The fourth-order valence-corrected chi connectivity index (χ4v) is 5.90. The summed E-state index contributed by atoms with van der Waals surface area (Å²) in [5.74, 6) is 0.173. The molecule has 0 aliphatic carbocycles. The number of amides is 1. The van der Waals surface area contributed by atoms with Gasteiger partial charge in [-0.2, -0.15) is 0 Å². The van der Waals surface area contributed by atoms with E-state index in [-0.39, 0.29) is 17.9 Å². The molecule has 4 rings (SSSR count). The van der Waals surface area contributed by atoms with Crippen molar-refractivity contribution >= 4 is 33.2 Å². The largest absolute Gasteiger partial charge is 0.300 e. The summed E-state index contributed by atoms with van der Waals surface area (Å²) in [5.41, 5.74) is 3.40. The lowest BCUT2D eigenvalue weighted by molar-refractivity contribution is 0.0992. The molecule has 1 saturated heterocycles.